The molecule has 0 fully saturated rings. The van der Waals surface area contributed by atoms with E-state index >= 15 is 0 Å². The largest absolute Gasteiger partial charge is 0.396 e. The van der Waals surface area contributed by atoms with Crippen LogP contribution in [-0.4, -0.2) is 35.2 Å². The zero-order valence-corrected chi connectivity index (χ0v) is 19.1. The molecule has 3 nitrogen and oxygen atoms in total. The van der Waals surface area contributed by atoms with E-state index in [0.29, 0.717) is 5.25 Å². The first-order valence-corrected chi connectivity index (χ1v) is 12.7. The highest BCUT2D eigenvalue weighted by atomic mass is 32.2. The molecule has 0 aliphatic heterocycles. The molecule has 0 bridgehead atoms. The molecule has 27 heavy (non-hydrogen) atoms. The van der Waals surface area contributed by atoms with Crippen LogP contribution in [0.3, 0.4) is 0 Å². The molecule has 0 radical (unpaired) electrons. The van der Waals surface area contributed by atoms with Crippen LogP contribution >= 0.6 is 11.8 Å². The lowest BCUT2D eigenvalue weighted by Gasteiger charge is -2.15. The molecule has 0 aromatic rings. The summed E-state index contributed by atoms with van der Waals surface area (Å²) in [5.74, 6) is 1.22. The second-order valence-corrected chi connectivity index (χ2v) is 9.28. The normalized spacial score (nSPS) is 12.3. The Morgan fingerprint density at radius 2 is 1.30 bits per heavy atom. The number of thioether (sulfide) groups is 1. The highest BCUT2D eigenvalue weighted by molar-refractivity contribution is 7.99. The van der Waals surface area contributed by atoms with Crippen LogP contribution in [0.5, 0.6) is 0 Å². The second kappa shape index (κ2) is 22.1. The fourth-order valence-corrected chi connectivity index (χ4v) is 4.67. The number of unbranched alkanes of at least 4 members (excludes halogenated alkanes) is 13. The summed E-state index contributed by atoms with van der Waals surface area (Å²) in [5, 5.41) is 12.5. The van der Waals surface area contributed by atoms with Gasteiger partial charge in [-0.2, -0.15) is 11.8 Å². The third kappa shape index (κ3) is 21.9. The van der Waals surface area contributed by atoms with Crippen molar-refractivity contribution in [3.63, 3.8) is 0 Å². The fraction of sp³-hybridized carbons (Fsp3) is 0.957. The van der Waals surface area contributed by atoms with Crippen LogP contribution in [0.25, 0.3) is 0 Å². The van der Waals surface area contributed by atoms with Crippen molar-refractivity contribution in [1.82, 2.24) is 5.32 Å². The molecule has 0 aromatic heterocycles. The van der Waals surface area contributed by atoms with E-state index in [1.165, 1.54) is 95.6 Å². The molecular weight excluding hydrogens is 354 g/mol. The SMILES string of the molecule is CCCCCCCCCCCCCCCCSC(CCO)CCNC(C)=O. The van der Waals surface area contributed by atoms with Crippen LogP contribution < -0.4 is 5.32 Å². The highest BCUT2D eigenvalue weighted by Gasteiger charge is 2.08. The van der Waals surface area contributed by atoms with E-state index in [9.17, 15) is 9.90 Å². The zero-order valence-electron chi connectivity index (χ0n) is 18.3. The molecule has 0 aromatic carbocycles. The molecule has 2 N–H and O–H groups in total. The maximum Gasteiger partial charge on any atom is 0.216 e. The van der Waals surface area contributed by atoms with E-state index in [0.717, 1.165) is 19.4 Å². The van der Waals surface area contributed by atoms with Crippen molar-refractivity contribution in [2.24, 2.45) is 0 Å². The number of hydrogen-bond donors (Lipinski definition) is 2. The van der Waals surface area contributed by atoms with E-state index in [1.807, 2.05) is 11.8 Å². The van der Waals surface area contributed by atoms with Gasteiger partial charge in [-0.3, -0.25) is 4.79 Å². The Labute approximate surface area is 173 Å². The van der Waals surface area contributed by atoms with Gasteiger partial charge in [-0.1, -0.05) is 90.4 Å². The minimum absolute atomic E-state index is 0.0368. The molecule has 0 saturated carbocycles. The summed E-state index contributed by atoms with van der Waals surface area (Å²) in [4.78, 5) is 10.9. The molecule has 162 valence electrons. The number of carbonyl (C=O) groups is 1. The third-order valence-electron chi connectivity index (χ3n) is 5.14. The summed E-state index contributed by atoms with van der Waals surface area (Å²) in [5.41, 5.74) is 0. The number of rotatable bonds is 21. The molecule has 0 aliphatic rings. The average Bonchev–Trinajstić information content (AvgIpc) is 2.64. The van der Waals surface area contributed by atoms with Gasteiger partial charge in [0.25, 0.3) is 0 Å². The number of nitrogens with one attached hydrogen (secondary N) is 1. The van der Waals surface area contributed by atoms with E-state index < -0.39 is 0 Å². The third-order valence-corrected chi connectivity index (χ3v) is 6.61. The van der Waals surface area contributed by atoms with Crippen LogP contribution in [0.1, 0.15) is 117 Å². The predicted octanol–water partition coefficient (Wildman–Crippen LogP) is 6.48. The van der Waals surface area contributed by atoms with Crippen LogP contribution in [-0.2, 0) is 4.79 Å². The standard InChI is InChI=1S/C23H47NO2S/c1-3-4-5-6-7-8-9-10-11-12-13-14-15-16-21-27-23(18-20-25)17-19-24-22(2)26/h23,25H,3-21H2,1-2H3,(H,24,26). The van der Waals surface area contributed by atoms with Gasteiger partial charge >= 0.3 is 0 Å². The van der Waals surface area contributed by atoms with Gasteiger partial charge in [-0.25, -0.2) is 0 Å². The number of aliphatic hydroxyl groups is 1. The Hall–Kier alpha value is -0.220. The summed E-state index contributed by atoms with van der Waals surface area (Å²) in [7, 11) is 0. The molecule has 0 spiro atoms. The Morgan fingerprint density at radius 3 is 1.74 bits per heavy atom. The Morgan fingerprint density at radius 1 is 0.815 bits per heavy atom. The molecule has 0 saturated heterocycles. The summed E-state index contributed by atoms with van der Waals surface area (Å²) < 4.78 is 0. The molecule has 0 heterocycles. The molecule has 1 atom stereocenters. The minimum Gasteiger partial charge on any atom is -0.396 e. The van der Waals surface area contributed by atoms with Crippen molar-refractivity contribution in [3.8, 4) is 0 Å². The van der Waals surface area contributed by atoms with Crippen LogP contribution in [0.15, 0.2) is 0 Å². The van der Waals surface area contributed by atoms with E-state index in [4.69, 9.17) is 0 Å². The Kier molecular flexibility index (Phi) is 21.9. The molecular formula is C23H47NO2S. The smallest absolute Gasteiger partial charge is 0.216 e. The van der Waals surface area contributed by atoms with E-state index in [2.05, 4.69) is 12.2 Å². The van der Waals surface area contributed by atoms with Crippen molar-refractivity contribution in [2.45, 2.75) is 122 Å². The lowest BCUT2D eigenvalue weighted by molar-refractivity contribution is -0.118. The van der Waals surface area contributed by atoms with Crippen LogP contribution in [0.4, 0.5) is 0 Å². The molecule has 1 amide bonds. The Balaban J connectivity index is 3.31. The number of aliphatic hydroxyl groups excluding tert-OH is 1. The van der Waals surface area contributed by atoms with Gasteiger partial charge < -0.3 is 10.4 Å². The van der Waals surface area contributed by atoms with Crippen molar-refractivity contribution >= 4 is 17.7 Å². The van der Waals surface area contributed by atoms with Gasteiger partial charge in [0.1, 0.15) is 0 Å². The summed E-state index contributed by atoms with van der Waals surface area (Å²) in [6.07, 6.45) is 21.4. The van der Waals surface area contributed by atoms with Crippen LogP contribution in [0, 0.1) is 0 Å². The van der Waals surface area contributed by atoms with Gasteiger partial charge in [0, 0.05) is 25.3 Å². The first-order chi connectivity index (χ1) is 13.2. The van der Waals surface area contributed by atoms with Gasteiger partial charge in [-0.05, 0) is 25.0 Å². The van der Waals surface area contributed by atoms with Gasteiger partial charge in [0.2, 0.25) is 5.91 Å². The number of carbonyl (C=O) groups excluding carboxylic acids is 1. The molecule has 1 unspecified atom stereocenters. The first kappa shape index (κ1) is 26.8. The first-order valence-electron chi connectivity index (χ1n) is 11.7. The van der Waals surface area contributed by atoms with Crippen molar-refractivity contribution in [3.05, 3.63) is 0 Å². The maximum absolute atomic E-state index is 10.9. The molecule has 4 heteroatoms. The Bertz CT molecular complexity index is 313. The summed E-state index contributed by atoms with van der Waals surface area (Å²) >= 11 is 1.97. The molecule has 0 aliphatic carbocycles. The predicted molar refractivity (Wildman–Crippen MR) is 122 cm³/mol. The molecule has 0 rings (SSSR count). The zero-order chi connectivity index (χ0) is 20.0. The lowest BCUT2D eigenvalue weighted by Crippen LogP contribution is -2.24. The topological polar surface area (TPSA) is 49.3 Å². The van der Waals surface area contributed by atoms with Crippen molar-refractivity contribution in [2.75, 3.05) is 18.9 Å². The van der Waals surface area contributed by atoms with E-state index in [1.54, 1.807) is 6.92 Å². The maximum atomic E-state index is 10.9. The number of hydrogen-bond acceptors (Lipinski definition) is 3. The quantitative estimate of drug-likeness (QED) is 0.216. The average molecular weight is 402 g/mol. The van der Waals surface area contributed by atoms with Gasteiger partial charge in [-0.15, -0.1) is 0 Å². The second-order valence-electron chi connectivity index (χ2n) is 7.87. The highest BCUT2D eigenvalue weighted by Crippen LogP contribution is 2.20. The van der Waals surface area contributed by atoms with Gasteiger partial charge in [0.15, 0.2) is 0 Å². The van der Waals surface area contributed by atoms with Crippen molar-refractivity contribution < 1.29 is 9.90 Å². The number of amides is 1. The van der Waals surface area contributed by atoms with Crippen LogP contribution in [0.2, 0.25) is 0 Å². The van der Waals surface area contributed by atoms with Crippen molar-refractivity contribution in [1.29, 1.82) is 0 Å². The van der Waals surface area contributed by atoms with E-state index in [-0.39, 0.29) is 12.5 Å². The fourth-order valence-electron chi connectivity index (χ4n) is 3.41. The minimum atomic E-state index is 0.0368. The van der Waals surface area contributed by atoms with Gasteiger partial charge in [0.05, 0.1) is 0 Å². The summed E-state index contributed by atoms with van der Waals surface area (Å²) in [6.45, 7) is 4.81. The summed E-state index contributed by atoms with van der Waals surface area (Å²) in [6, 6.07) is 0. The lowest BCUT2D eigenvalue weighted by atomic mass is 10.0. The monoisotopic (exact) mass is 401 g/mol.